The summed E-state index contributed by atoms with van der Waals surface area (Å²) in [5.41, 5.74) is 1.65. The van der Waals surface area contributed by atoms with Gasteiger partial charge in [-0.05, 0) is 56.2 Å². The SMILES string of the molecule is CCCN1CC2(CCN(C(=O)c3cnccc3C)CC2)CC1C(=O)O. The van der Waals surface area contributed by atoms with Crippen LogP contribution < -0.4 is 0 Å². The second kappa shape index (κ2) is 7.12. The summed E-state index contributed by atoms with van der Waals surface area (Å²) in [5.74, 6) is -0.673. The fourth-order valence-electron chi connectivity index (χ4n) is 4.32. The summed E-state index contributed by atoms with van der Waals surface area (Å²) in [6, 6.07) is 1.48. The van der Waals surface area contributed by atoms with Crippen LogP contribution in [0.3, 0.4) is 0 Å². The highest BCUT2D eigenvalue weighted by molar-refractivity contribution is 5.95. The molecule has 1 spiro atoms. The van der Waals surface area contributed by atoms with Gasteiger partial charge in [0.15, 0.2) is 0 Å². The minimum absolute atomic E-state index is 0.0404. The molecule has 1 amide bonds. The summed E-state index contributed by atoms with van der Waals surface area (Å²) in [4.78, 5) is 32.4. The predicted molar refractivity (Wildman–Crippen MR) is 94.4 cm³/mol. The van der Waals surface area contributed by atoms with Gasteiger partial charge in [0.1, 0.15) is 6.04 Å². The smallest absolute Gasteiger partial charge is 0.320 e. The molecule has 1 aromatic heterocycles. The largest absolute Gasteiger partial charge is 0.480 e. The Labute approximate surface area is 148 Å². The maximum Gasteiger partial charge on any atom is 0.320 e. The molecule has 1 N–H and O–H groups in total. The maximum atomic E-state index is 12.7. The Balaban J connectivity index is 1.66. The first kappa shape index (κ1) is 17.9. The van der Waals surface area contributed by atoms with E-state index in [-0.39, 0.29) is 17.4 Å². The van der Waals surface area contributed by atoms with E-state index in [1.54, 1.807) is 12.4 Å². The monoisotopic (exact) mass is 345 g/mol. The number of nitrogens with zero attached hydrogens (tertiary/aromatic N) is 3. The number of aliphatic carboxylic acids is 1. The Morgan fingerprint density at radius 2 is 2.08 bits per heavy atom. The van der Waals surface area contributed by atoms with E-state index in [4.69, 9.17) is 0 Å². The van der Waals surface area contributed by atoms with Crippen LogP contribution in [0.15, 0.2) is 18.5 Å². The van der Waals surface area contributed by atoms with Gasteiger partial charge >= 0.3 is 5.97 Å². The molecule has 1 unspecified atom stereocenters. The highest BCUT2D eigenvalue weighted by Crippen LogP contribution is 2.43. The van der Waals surface area contributed by atoms with Gasteiger partial charge in [-0.2, -0.15) is 0 Å². The summed E-state index contributed by atoms with van der Waals surface area (Å²) in [7, 11) is 0. The van der Waals surface area contributed by atoms with E-state index in [2.05, 4.69) is 16.8 Å². The number of aryl methyl sites for hydroxylation is 1. The molecule has 136 valence electrons. The zero-order valence-corrected chi connectivity index (χ0v) is 15.1. The first-order chi connectivity index (χ1) is 12.0. The van der Waals surface area contributed by atoms with E-state index >= 15 is 0 Å². The fourth-order valence-corrected chi connectivity index (χ4v) is 4.32. The Bertz CT molecular complexity index is 653. The topological polar surface area (TPSA) is 73.7 Å². The number of likely N-dealkylation sites (tertiary alicyclic amines) is 2. The third-order valence-electron chi connectivity index (χ3n) is 5.78. The van der Waals surface area contributed by atoms with Crippen LogP contribution in [0.1, 0.15) is 48.5 Å². The Morgan fingerprint density at radius 1 is 1.36 bits per heavy atom. The average Bonchev–Trinajstić information content (AvgIpc) is 2.94. The van der Waals surface area contributed by atoms with Crippen molar-refractivity contribution in [3.63, 3.8) is 0 Å². The number of aromatic nitrogens is 1. The van der Waals surface area contributed by atoms with Crippen LogP contribution in [0.4, 0.5) is 0 Å². The van der Waals surface area contributed by atoms with Crippen LogP contribution in [0, 0.1) is 12.3 Å². The van der Waals surface area contributed by atoms with Crippen LogP contribution in [-0.4, -0.2) is 64.0 Å². The number of hydrogen-bond donors (Lipinski definition) is 1. The van der Waals surface area contributed by atoms with E-state index < -0.39 is 5.97 Å². The van der Waals surface area contributed by atoms with Gasteiger partial charge in [-0.1, -0.05) is 6.92 Å². The van der Waals surface area contributed by atoms with Crippen molar-refractivity contribution in [2.45, 2.75) is 45.6 Å². The van der Waals surface area contributed by atoms with Crippen molar-refractivity contribution in [1.82, 2.24) is 14.8 Å². The lowest BCUT2D eigenvalue weighted by Crippen LogP contribution is -2.44. The molecular formula is C19H27N3O3. The number of pyridine rings is 1. The molecule has 0 aliphatic carbocycles. The number of carboxylic acid groups (broad SMARTS) is 1. The molecule has 0 aromatic carbocycles. The number of carboxylic acids is 1. The van der Waals surface area contributed by atoms with Crippen molar-refractivity contribution in [1.29, 1.82) is 0 Å². The fraction of sp³-hybridized carbons (Fsp3) is 0.632. The standard InChI is InChI=1S/C19H27N3O3/c1-3-8-22-13-19(11-16(22)18(24)25)5-9-21(10-6-19)17(23)15-12-20-7-4-14(15)2/h4,7,12,16H,3,5-6,8-11,13H2,1-2H3,(H,24,25). The summed E-state index contributed by atoms with van der Waals surface area (Å²) in [5, 5.41) is 9.53. The number of hydrogen-bond acceptors (Lipinski definition) is 4. The third-order valence-corrected chi connectivity index (χ3v) is 5.78. The zero-order valence-electron chi connectivity index (χ0n) is 15.1. The van der Waals surface area contributed by atoms with Crippen molar-refractivity contribution < 1.29 is 14.7 Å². The van der Waals surface area contributed by atoms with Crippen molar-refractivity contribution in [2.24, 2.45) is 5.41 Å². The molecule has 1 atom stereocenters. The minimum Gasteiger partial charge on any atom is -0.480 e. The van der Waals surface area contributed by atoms with Gasteiger partial charge in [0.25, 0.3) is 5.91 Å². The van der Waals surface area contributed by atoms with Gasteiger partial charge in [-0.25, -0.2) is 0 Å². The summed E-state index contributed by atoms with van der Waals surface area (Å²) < 4.78 is 0. The molecule has 2 aliphatic rings. The summed E-state index contributed by atoms with van der Waals surface area (Å²) in [6.07, 6.45) is 6.76. The quantitative estimate of drug-likeness (QED) is 0.905. The van der Waals surface area contributed by atoms with Gasteiger partial charge in [0, 0.05) is 32.0 Å². The van der Waals surface area contributed by atoms with E-state index in [0.717, 1.165) is 37.9 Å². The minimum atomic E-state index is -0.713. The highest BCUT2D eigenvalue weighted by atomic mass is 16.4. The molecule has 2 saturated heterocycles. The molecule has 3 heterocycles. The molecule has 3 rings (SSSR count). The number of amides is 1. The van der Waals surface area contributed by atoms with Crippen LogP contribution in [0.5, 0.6) is 0 Å². The first-order valence-corrected chi connectivity index (χ1v) is 9.12. The Kier molecular flexibility index (Phi) is 5.08. The van der Waals surface area contributed by atoms with Crippen molar-refractivity contribution in [3.8, 4) is 0 Å². The molecule has 2 fully saturated rings. The Morgan fingerprint density at radius 3 is 2.68 bits per heavy atom. The maximum absolute atomic E-state index is 12.7. The van der Waals surface area contributed by atoms with E-state index in [9.17, 15) is 14.7 Å². The average molecular weight is 345 g/mol. The third kappa shape index (κ3) is 3.54. The molecule has 6 heteroatoms. The van der Waals surface area contributed by atoms with E-state index in [1.165, 1.54) is 0 Å². The lowest BCUT2D eigenvalue weighted by Gasteiger charge is -2.39. The van der Waals surface area contributed by atoms with Gasteiger partial charge in [0.05, 0.1) is 5.56 Å². The van der Waals surface area contributed by atoms with Crippen LogP contribution in [0.2, 0.25) is 0 Å². The van der Waals surface area contributed by atoms with E-state index in [1.807, 2.05) is 17.9 Å². The second-order valence-corrected chi connectivity index (χ2v) is 7.51. The van der Waals surface area contributed by atoms with E-state index in [0.29, 0.717) is 25.1 Å². The number of rotatable bonds is 4. The molecule has 1 aromatic rings. The molecule has 0 radical (unpaired) electrons. The van der Waals surface area contributed by atoms with Gasteiger partial charge < -0.3 is 10.0 Å². The summed E-state index contributed by atoms with van der Waals surface area (Å²) >= 11 is 0. The lowest BCUT2D eigenvalue weighted by atomic mass is 9.76. The predicted octanol–water partition coefficient (Wildman–Crippen LogP) is 2.18. The molecule has 6 nitrogen and oxygen atoms in total. The van der Waals surface area contributed by atoms with Crippen molar-refractivity contribution in [3.05, 3.63) is 29.6 Å². The second-order valence-electron chi connectivity index (χ2n) is 7.51. The normalized spacial score (nSPS) is 23.1. The number of carbonyl (C=O) groups is 2. The zero-order chi connectivity index (χ0) is 18.0. The van der Waals surface area contributed by atoms with Crippen LogP contribution in [-0.2, 0) is 4.79 Å². The van der Waals surface area contributed by atoms with Gasteiger partial charge in [-0.15, -0.1) is 0 Å². The van der Waals surface area contributed by atoms with Crippen molar-refractivity contribution >= 4 is 11.9 Å². The first-order valence-electron chi connectivity index (χ1n) is 9.12. The van der Waals surface area contributed by atoms with Crippen LogP contribution in [0.25, 0.3) is 0 Å². The van der Waals surface area contributed by atoms with Crippen molar-refractivity contribution in [2.75, 3.05) is 26.2 Å². The molecule has 0 saturated carbocycles. The molecular weight excluding hydrogens is 318 g/mol. The molecule has 25 heavy (non-hydrogen) atoms. The van der Waals surface area contributed by atoms with Gasteiger partial charge in [-0.3, -0.25) is 19.5 Å². The molecule has 0 bridgehead atoms. The summed E-state index contributed by atoms with van der Waals surface area (Å²) in [6.45, 7) is 7.07. The van der Waals surface area contributed by atoms with Gasteiger partial charge in [0.2, 0.25) is 0 Å². The molecule has 2 aliphatic heterocycles. The number of piperidine rings is 1. The highest BCUT2D eigenvalue weighted by Gasteiger charge is 2.48. The lowest BCUT2D eigenvalue weighted by molar-refractivity contribution is -0.142. The van der Waals surface area contributed by atoms with Crippen LogP contribution >= 0.6 is 0 Å². The Hall–Kier alpha value is -1.95. The number of carbonyl (C=O) groups excluding carboxylic acids is 1.